The van der Waals surface area contributed by atoms with Gasteiger partial charge in [0.15, 0.2) is 0 Å². The lowest BCUT2D eigenvalue weighted by atomic mass is 9.36. The molecule has 4 heterocycles. The number of fused-ring (bicyclic) bond motifs is 8. The number of benzene rings is 9. The van der Waals surface area contributed by atoms with Gasteiger partial charge in [-0.1, -0.05) is 187 Å². The Kier molecular flexibility index (Phi) is 11.1. The molecule has 0 aromatic heterocycles. The maximum absolute atomic E-state index is 4.50. The van der Waals surface area contributed by atoms with E-state index in [9.17, 15) is 0 Å². The standard InChI is InChI=1S/C62H49B2BrN2S4/c1-36-24-26-38(3)47(28-36)66(41-32-55-59-56(33-41)69-52-21-13-9-17-44(52)63(59)43-16-8-12-20-51(43)68-55)49-30-40(62(5,6)7)31-50(61(49)65)67(48-29-37(2)25-27-39(48)4)42-34-57-60-58(35-42)71-54-23-15-11-19-46(54)64(60)45-18-10-14-22-53(45)70-57/h8-35H,1-7H3. The van der Waals surface area contributed by atoms with Crippen molar-refractivity contribution < 1.29 is 0 Å². The van der Waals surface area contributed by atoms with Crippen LogP contribution in [0.1, 0.15) is 48.6 Å². The van der Waals surface area contributed by atoms with Crippen molar-refractivity contribution in [1.82, 2.24) is 0 Å². The van der Waals surface area contributed by atoms with Crippen molar-refractivity contribution in [3.05, 3.63) is 202 Å². The zero-order valence-electron chi connectivity index (χ0n) is 40.7. The fourth-order valence-corrected chi connectivity index (χ4v) is 16.6. The molecular formula is C62H49B2BrN2S4. The summed E-state index contributed by atoms with van der Waals surface area (Å²) in [7, 11) is 0. The van der Waals surface area contributed by atoms with Crippen LogP contribution < -0.4 is 42.6 Å². The van der Waals surface area contributed by atoms with Crippen LogP contribution in [0, 0.1) is 27.7 Å². The van der Waals surface area contributed by atoms with Crippen LogP contribution in [0.2, 0.25) is 0 Å². The van der Waals surface area contributed by atoms with Crippen molar-refractivity contribution in [3.63, 3.8) is 0 Å². The van der Waals surface area contributed by atoms with Gasteiger partial charge in [0.05, 0.1) is 15.8 Å². The lowest BCUT2D eigenvalue weighted by Gasteiger charge is -2.38. The molecule has 344 valence electrons. The van der Waals surface area contributed by atoms with E-state index in [1.807, 2.05) is 47.0 Å². The molecule has 4 aliphatic rings. The molecular weight excluding hydrogens is 1000 g/mol. The van der Waals surface area contributed by atoms with E-state index < -0.39 is 0 Å². The summed E-state index contributed by atoms with van der Waals surface area (Å²) in [5.41, 5.74) is 21.2. The van der Waals surface area contributed by atoms with Crippen LogP contribution in [0.4, 0.5) is 34.1 Å². The summed E-state index contributed by atoms with van der Waals surface area (Å²) in [6.45, 7) is 16.4. The molecule has 0 unspecified atom stereocenters. The number of hydrogen-bond acceptors (Lipinski definition) is 6. The first-order valence-corrected chi connectivity index (χ1v) is 28.5. The third-order valence-electron chi connectivity index (χ3n) is 14.7. The zero-order chi connectivity index (χ0) is 48.4. The Balaban J connectivity index is 1.07. The predicted octanol–water partition coefficient (Wildman–Crippen LogP) is 14.8. The molecule has 0 amide bonds. The predicted molar refractivity (Wildman–Crippen MR) is 313 cm³/mol. The van der Waals surface area contributed by atoms with Crippen molar-refractivity contribution in [3.8, 4) is 0 Å². The van der Waals surface area contributed by atoms with E-state index in [2.05, 4.69) is 244 Å². The van der Waals surface area contributed by atoms with Gasteiger partial charge in [-0.2, -0.15) is 0 Å². The minimum atomic E-state index is -0.187. The highest BCUT2D eigenvalue weighted by Gasteiger charge is 2.41. The second kappa shape index (κ2) is 17.4. The molecule has 9 heteroatoms. The van der Waals surface area contributed by atoms with Crippen molar-refractivity contribution in [2.45, 2.75) is 93.0 Å². The van der Waals surface area contributed by atoms with E-state index in [0.29, 0.717) is 0 Å². The summed E-state index contributed by atoms with van der Waals surface area (Å²) in [6.07, 6.45) is 0. The normalized spacial score (nSPS) is 13.6. The SMILES string of the molecule is Cc1ccc(C)c(N(c2cc3c4c(c2)Sc2ccccc2B4c2ccccc2S3)c2cc(C(C)(C)C)cc(N(c3cc4c5c(c3)Sc3ccccc3B5c3ccccc3S4)c3cc(C)ccc3C)c2Br)c1. The first-order valence-electron chi connectivity index (χ1n) is 24.4. The first kappa shape index (κ1) is 45.5. The summed E-state index contributed by atoms with van der Waals surface area (Å²) in [5.74, 6) is 0. The van der Waals surface area contributed by atoms with Crippen molar-refractivity contribution in [2.75, 3.05) is 9.80 Å². The molecule has 0 spiro atoms. The van der Waals surface area contributed by atoms with E-state index in [0.717, 1.165) is 27.2 Å². The topological polar surface area (TPSA) is 6.48 Å². The molecule has 0 radical (unpaired) electrons. The average Bonchev–Trinajstić information content (AvgIpc) is 3.36. The van der Waals surface area contributed by atoms with Gasteiger partial charge in [-0.3, -0.25) is 0 Å². The third-order valence-corrected chi connectivity index (χ3v) is 20.1. The van der Waals surface area contributed by atoms with Gasteiger partial charge < -0.3 is 9.80 Å². The van der Waals surface area contributed by atoms with E-state index >= 15 is 0 Å². The van der Waals surface area contributed by atoms with Gasteiger partial charge in [0.25, 0.3) is 0 Å². The van der Waals surface area contributed by atoms with Gasteiger partial charge >= 0.3 is 0 Å². The Bertz CT molecular complexity index is 3340. The lowest BCUT2D eigenvalue weighted by molar-refractivity contribution is 0.590. The second-order valence-corrected chi connectivity index (χ2v) is 25.6. The molecule has 0 fully saturated rings. The van der Waals surface area contributed by atoms with Crippen LogP contribution in [-0.2, 0) is 5.41 Å². The summed E-state index contributed by atoms with van der Waals surface area (Å²) < 4.78 is 1.03. The van der Waals surface area contributed by atoms with Crippen LogP contribution in [-0.4, -0.2) is 13.4 Å². The third kappa shape index (κ3) is 7.59. The smallest absolute Gasteiger partial charge is 0.247 e. The lowest BCUT2D eigenvalue weighted by Crippen LogP contribution is -2.58. The number of hydrogen-bond donors (Lipinski definition) is 0. The zero-order valence-corrected chi connectivity index (χ0v) is 45.6. The minimum Gasteiger partial charge on any atom is -0.309 e. The summed E-state index contributed by atoms with van der Waals surface area (Å²) in [5, 5.41) is 0. The number of aryl methyl sites for hydroxylation is 4. The first-order chi connectivity index (χ1) is 34.4. The monoisotopic (exact) mass is 1050 g/mol. The minimum absolute atomic E-state index is 0.183. The van der Waals surface area contributed by atoms with Gasteiger partial charge in [-0.05, 0) is 161 Å². The Morgan fingerprint density at radius 3 is 1.03 bits per heavy atom. The van der Waals surface area contributed by atoms with Crippen molar-refractivity contribution in [2.24, 2.45) is 0 Å². The molecule has 9 aromatic rings. The molecule has 0 bridgehead atoms. The Hall–Kier alpha value is -5.41. The highest BCUT2D eigenvalue weighted by atomic mass is 79.9. The highest BCUT2D eigenvalue weighted by molar-refractivity contribution is 9.10. The van der Waals surface area contributed by atoms with Crippen LogP contribution in [0.25, 0.3) is 0 Å². The fraction of sp³-hybridized carbons (Fsp3) is 0.129. The van der Waals surface area contributed by atoms with Crippen LogP contribution >= 0.6 is 63.0 Å². The maximum Gasteiger partial charge on any atom is 0.247 e. The second-order valence-electron chi connectivity index (χ2n) is 20.5. The highest BCUT2D eigenvalue weighted by Crippen LogP contribution is 2.53. The van der Waals surface area contributed by atoms with Gasteiger partial charge in [-0.25, -0.2) is 0 Å². The van der Waals surface area contributed by atoms with E-state index in [1.54, 1.807) is 0 Å². The fourth-order valence-electron chi connectivity index (χ4n) is 11.1. The van der Waals surface area contributed by atoms with Gasteiger partial charge in [-0.15, -0.1) is 0 Å². The van der Waals surface area contributed by atoms with Crippen molar-refractivity contribution >= 4 is 143 Å². The van der Waals surface area contributed by atoms with E-state index in [1.165, 1.54) is 111 Å². The molecule has 0 N–H and O–H groups in total. The molecule has 0 saturated carbocycles. The molecule has 4 aliphatic heterocycles. The Morgan fingerprint density at radius 2 is 0.704 bits per heavy atom. The summed E-state index contributed by atoms with van der Waals surface area (Å²) in [6, 6.07) is 64.8. The van der Waals surface area contributed by atoms with Gasteiger partial charge in [0.2, 0.25) is 13.4 Å². The molecule has 9 aromatic carbocycles. The Labute approximate surface area is 444 Å². The quantitative estimate of drug-likeness (QED) is 0.152. The van der Waals surface area contributed by atoms with Gasteiger partial charge in [0, 0.05) is 61.9 Å². The molecule has 71 heavy (non-hydrogen) atoms. The van der Waals surface area contributed by atoms with Gasteiger partial charge in [0.1, 0.15) is 0 Å². The molecule has 0 saturated heterocycles. The number of rotatable bonds is 6. The van der Waals surface area contributed by atoms with E-state index in [4.69, 9.17) is 0 Å². The maximum atomic E-state index is 4.50. The summed E-state index contributed by atoms with van der Waals surface area (Å²) in [4.78, 5) is 15.7. The van der Waals surface area contributed by atoms with Crippen molar-refractivity contribution in [1.29, 1.82) is 0 Å². The summed E-state index contributed by atoms with van der Waals surface area (Å²) >= 11 is 12.2. The molecule has 0 aliphatic carbocycles. The van der Waals surface area contributed by atoms with E-state index in [-0.39, 0.29) is 18.8 Å². The number of halogens is 1. The number of nitrogens with zero attached hydrogens (tertiary/aromatic N) is 2. The molecule has 13 rings (SSSR count). The van der Waals surface area contributed by atoms with Crippen LogP contribution in [0.5, 0.6) is 0 Å². The Morgan fingerprint density at radius 1 is 0.380 bits per heavy atom. The molecule has 0 atom stereocenters. The average molecular weight is 1050 g/mol. The molecule has 2 nitrogen and oxygen atoms in total. The number of anilines is 6. The van der Waals surface area contributed by atoms with Crippen LogP contribution in [0.15, 0.2) is 213 Å². The largest absolute Gasteiger partial charge is 0.309 e. The van der Waals surface area contributed by atoms with Crippen LogP contribution in [0.3, 0.4) is 0 Å².